The molecule has 1 aliphatic carbocycles. The number of carboxylic acid groups (broad SMARTS) is 1. The van der Waals surface area contributed by atoms with Gasteiger partial charge in [-0.05, 0) is 24.8 Å². The van der Waals surface area contributed by atoms with Gasteiger partial charge in [0.25, 0.3) is 5.69 Å². The van der Waals surface area contributed by atoms with Crippen molar-refractivity contribution >= 4 is 11.7 Å². The van der Waals surface area contributed by atoms with E-state index < -0.39 is 16.3 Å². The van der Waals surface area contributed by atoms with E-state index in [9.17, 15) is 20.0 Å². The Morgan fingerprint density at radius 2 is 1.90 bits per heavy atom. The van der Waals surface area contributed by atoms with Gasteiger partial charge < -0.3 is 5.11 Å². The summed E-state index contributed by atoms with van der Waals surface area (Å²) in [6.07, 6.45) is 5.68. The molecule has 1 N–H and O–H groups in total. The van der Waals surface area contributed by atoms with Gasteiger partial charge in [0.2, 0.25) is 0 Å². The second kappa shape index (κ2) is 6.03. The summed E-state index contributed by atoms with van der Waals surface area (Å²) in [5, 5.41) is 20.4. The van der Waals surface area contributed by atoms with Gasteiger partial charge in [0, 0.05) is 12.1 Å². The smallest absolute Gasteiger partial charge is 0.309 e. The molecule has 0 unspecified atom stereocenters. The molecule has 0 atom stereocenters. The minimum Gasteiger partial charge on any atom is -0.481 e. The first kappa shape index (κ1) is 14.5. The average molecular weight is 277 g/mol. The second-order valence-corrected chi connectivity index (χ2v) is 5.60. The lowest BCUT2D eigenvalue weighted by atomic mass is 9.75. The maximum absolute atomic E-state index is 11.7. The Bertz CT molecular complexity index is 504. The van der Waals surface area contributed by atoms with Crippen LogP contribution >= 0.6 is 0 Å². The minimum atomic E-state index is -0.772. The molecule has 1 saturated carbocycles. The van der Waals surface area contributed by atoms with E-state index in [-0.39, 0.29) is 5.69 Å². The summed E-state index contributed by atoms with van der Waals surface area (Å²) in [6, 6.07) is 6.34. The first-order valence-corrected chi connectivity index (χ1v) is 7.00. The molecule has 0 amide bonds. The summed E-state index contributed by atoms with van der Waals surface area (Å²) in [6.45, 7) is 0. The number of carbonyl (C=O) groups is 1. The Labute approximate surface area is 117 Å². The fourth-order valence-electron chi connectivity index (χ4n) is 3.04. The zero-order valence-corrected chi connectivity index (χ0v) is 11.4. The third kappa shape index (κ3) is 3.15. The molecule has 1 aromatic rings. The van der Waals surface area contributed by atoms with Gasteiger partial charge in [0.15, 0.2) is 0 Å². The molecule has 108 valence electrons. The van der Waals surface area contributed by atoms with Crippen LogP contribution in [0.5, 0.6) is 0 Å². The van der Waals surface area contributed by atoms with Crippen LogP contribution in [-0.2, 0) is 11.2 Å². The van der Waals surface area contributed by atoms with Crippen LogP contribution in [0.3, 0.4) is 0 Å². The molecule has 0 saturated heterocycles. The molecule has 0 aliphatic heterocycles. The van der Waals surface area contributed by atoms with Gasteiger partial charge in [0.05, 0.1) is 10.3 Å². The van der Waals surface area contributed by atoms with Crippen molar-refractivity contribution in [2.75, 3.05) is 0 Å². The Balaban J connectivity index is 2.25. The summed E-state index contributed by atoms with van der Waals surface area (Å²) >= 11 is 0. The summed E-state index contributed by atoms with van der Waals surface area (Å²) in [5.41, 5.74) is 0.00583. The SMILES string of the molecule is O=C(O)C1(Cc2cccc([N+](=O)[O-])c2)CCCCCC1. The van der Waals surface area contributed by atoms with Crippen molar-refractivity contribution in [3.8, 4) is 0 Å². The number of nitrogens with zero attached hydrogens (tertiary/aromatic N) is 1. The quantitative estimate of drug-likeness (QED) is 0.518. The minimum absolute atomic E-state index is 0.0247. The third-order valence-corrected chi connectivity index (χ3v) is 4.18. The number of benzene rings is 1. The average Bonchev–Trinajstić information content (AvgIpc) is 2.65. The van der Waals surface area contributed by atoms with Crippen molar-refractivity contribution in [2.45, 2.75) is 44.9 Å². The van der Waals surface area contributed by atoms with Crippen molar-refractivity contribution in [3.05, 3.63) is 39.9 Å². The highest BCUT2D eigenvalue weighted by molar-refractivity contribution is 5.75. The van der Waals surface area contributed by atoms with Gasteiger partial charge in [0.1, 0.15) is 0 Å². The highest BCUT2D eigenvalue weighted by Crippen LogP contribution is 2.38. The number of aliphatic carboxylic acids is 1. The van der Waals surface area contributed by atoms with E-state index in [4.69, 9.17) is 0 Å². The van der Waals surface area contributed by atoms with Gasteiger partial charge in [-0.2, -0.15) is 0 Å². The largest absolute Gasteiger partial charge is 0.481 e. The van der Waals surface area contributed by atoms with Crippen LogP contribution in [-0.4, -0.2) is 16.0 Å². The molecule has 2 rings (SSSR count). The molecule has 0 aromatic heterocycles. The lowest BCUT2D eigenvalue weighted by Gasteiger charge is -2.28. The van der Waals surface area contributed by atoms with Gasteiger partial charge in [-0.15, -0.1) is 0 Å². The molecule has 20 heavy (non-hydrogen) atoms. The number of hydrogen-bond acceptors (Lipinski definition) is 3. The molecule has 1 fully saturated rings. The molecular formula is C15H19NO4. The molecular weight excluding hydrogens is 258 g/mol. The number of hydrogen-bond donors (Lipinski definition) is 1. The van der Waals surface area contributed by atoms with Gasteiger partial charge in [-0.1, -0.05) is 37.8 Å². The lowest BCUT2D eigenvalue weighted by molar-refractivity contribution is -0.384. The van der Waals surface area contributed by atoms with Crippen molar-refractivity contribution in [1.29, 1.82) is 0 Å². The molecule has 0 heterocycles. The van der Waals surface area contributed by atoms with Crippen molar-refractivity contribution in [3.63, 3.8) is 0 Å². The first-order chi connectivity index (χ1) is 9.53. The summed E-state index contributed by atoms with van der Waals surface area (Å²) in [5.74, 6) is -0.772. The lowest BCUT2D eigenvalue weighted by Crippen LogP contribution is -2.33. The van der Waals surface area contributed by atoms with Crippen molar-refractivity contribution in [1.82, 2.24) is 0 Å². The molecule has 1 aliphatic rings. The topological polar surface area (TPSA) is 80.4 Å². The molecule has 0 spiro atoms. The van der Waals surface area contributed by atoms with Gasteiger partial charge >= 0.3 is 5.97 Å². The van der Waals surface area contributed by atoms with Crippen LogP contribution in [0.2, 0.25) is 0 Å². The fraction of sp³-hybridized carbons (Fsp3) is 0.533. The van der Waals surface area contributed by atoms with E-state index in [1.54, 1.807) is 12.1 Å². The maximum Gasteiger partial charge on any atom is 0.309 e. The molecule has 1 aromatic carbocycles. The van der Waals surface area contributed by atoms with E-state index in [1.165, 1.54) is 12.1 Å². The first-order valence-electron chi connectivity index (χ1n) is 7.00. The van der Waals surface area contributed by atoms with E-state index in [0.717, 1.165) is 31.2 Å². The van der Waals surface area contributed by atoms with Crippen molar-refractivity contribution < 1.29 is 14.8 Å². The van der Waals surface area contributed by atoms with Crippen LogP contribution in [0.1, 0.15) is 44.1 Å². The number of rotatable bonds is 4. The number of non-ortho nitro benzene ring substituents is 1. The number of nitro benzene ring substituents is 1. The van der Waals surface area contributed by atoms with E-state index in [1.807, 2.05) is 0 Å². The molecule has 5 heteroatoms. The molecule has 0 radical (unpaired) electrons. The zero-order valence-electron chi connectivity index (χ0n) is 11.4. The van der Waals surface area contributed by atoms with Crippen LogP contribution in [0.25, 0.3) is 0 Å². The van der Waals surface area contributed by atoms with Gasteiger partial charge in [-0.3, -0.25) is 14.9 Å². The van der Waals surface area contributed by atoms with E-state index in [2.05, 4.69) is 0 Å². The zero-order chi connectivity index (χ0) is 14.6. The Morgan fingerprint density at radius 1 is 1.25 bits per heavy atom. The molecule has 0 bridgehead atoms. The maximum atomic E-state index is 11.7. The normalized spacial score (nSPS) is 18.2. The highest BCUT2D eigenvalue weighted by atomic mass is 16.6. The second-order valence-electron chi connectivity index (χ2n) is 5.60. The Morgan fingerprint density at radius 3 is 2.45 bits per heavy atom. The van der Waals surface area contributed by atoms with Crippen molar-refractivity contribution in [2.24, 2.45) is 5.41 Å². The monoisotopic (exact) mass is 277 g/mol. The van der Waals surface area contributed by atoms with Crippen LogP contribution in [0.15, 0.2) is 24.3 Å². The van der Waals surface area contributed by atoms with E-state index >= 15 is 0 Å². The summed E-state index contributed by atoms with van der Waals surface area (Å²) in [7, 11) is 0. The van der Waals surface area contributed by atoms with Crippen LogP contribution in [0.4, 0.5) is 5.69 Å². The third-order valence-electron chi connectivity index (χ3n) is 4.18. The standard InChI is InChI=1S/C15H19NO4/c17-14(18)15(8-3-1-2-4-9-15)11-12-6-5-7-13(10-12)16(19)20/h5-7,10H,1-4,8-9,11H2,(H,17,18). The van der Waals surface area contributed by atoms with Gasteiger partial charge in [-0.25, -0.2) is 0 Å². The Hall–Kier alpha value is -1.91. The number of carboxylic acids is 1. The predicted octanol–water partition coefficient (Wildman–Crippen LogP) is 3.56. The highest BCUT2D eigenvalue weighted by Gasteiger charge is 2.38. The van der Waals surface area contributed by atoms with E-state index in [0.29, 0.717) is 19.3 Å². The fourth-order valence-corrected chi connectivity index (χ4v) is 3.04. The van der Waals surface area contributed by atoms with Crippen LogP contribution < -0.4 is 0 Å². The number of nitro groups is 1. The molecule has 5 nitrogen and oxygen atoms in total. The summed E-state index contributed by atoms with van der Waals surface area (Å²) < 4.78 is 0. The van der Waals surface area contributed by atoms with Crippen LogP contribution in [0, 0.1) is 15.5 Å². The summed E-state index contributed by atoms with van der Waals surface area (Å²) in [4.78, 5) is 22.1. The Kier molecular flexibility index (Phi) is 4.37. The predicted molar refractivity (Wildman–Crippen MR) is 74.6 cm³/mol.